The Kier molecular flexibility index (Phi) is 7.84. The summed E-state index contributed by atoms with van der Waals surface area (Å²) in [7, 11) is 1.60. The molecule has 2 N–H and O–H groups in total. The molecule has 0 radical (unpaired) electrons. The van der Waals surface area contributed by atoms with Gasteiger partial charge in [0.05, 0.1) is 17.7 Å². The fourth-order valence-corrected chi connectivity index (χ4v) is 1.77. The van der Waals surface area contributed by atoms with Crippen molar-refractivity contribution in [3.8, 4) is 5.75 Å². The second-order valence-electron chi connectivity index (χ2n) is 5.61. The predicted molar refractivity (Wildman–Crippen MR) is 86.9 cm³/mol. The molecule has 0 bridgehead atoms. The highest BCUT2D eigenvalue weighted by molar-refractivity contribution is 5.79. The highest BCUT2D eigenvalue weighted by Crippen LogP contribution is 2.24. The lowest BCUT2D eigenvalue weighted by molar-refractivity contribution is -0.0506. The minimum atomic E-state index is -3.02. The molecule has 0 spiro atoms. The molecule has 0 saturated carbocycles. The lowest BCUT2D eigenvalue weighted by Crippen LogP contribution is -2.45. The zero-order valence-corrected chi connectivity index (χ0v) is 14.3. The normalized spacial score (nSPS) is 12.4. The summed E-state index contributed by atoms with van der Waals surface area (Å²) >= 11 is 0. The third-order valence-electron chi connectivity index (χ3n) is 3.27. The van der Waals surface area contributed by atoms with Gasteiger partial charge in [-0.2, -0.15) is 8.78 Å². The van der Waals surface area contributed by atoms with Gasteiger partial charge in [-0.1, -0.05) is 6.07 Å². The van der Waals surface area contributed by atoms with Crippen molar-refractivity contribution in [2.45, 2.75) is 39.5 Å². The van der Waals surface area contributed by atoms with Crippen molar-refractivity contribution in [2.75, 3.05) is 20.2 Å². The van der Waals surface area contributed by atoms with Crippen LogP contribution in [0.1, 0.15) is 26.3 Å². The quantitative estimate of drug-likeness (QED) is 0.561. The van der Waals surface area contributed by atoms with E-state index < -0.39 is 18.0 Å². The maximum absolute atomic E-state index is 13.9. The number of hydrogen-bond acceptors (Lipinski definition) is 3. The van der Waals surface area contributed by atoms with Crippen LogP contribution in [0.2, 0.25) is 0 Å². The first-order chi connectivity index (χ1) is 11.3. The Bertz CT molecular complexity index is 551. The highest BCUT2D eigenvalue weighted by atomic mass is 19.3. The Labute approximate surface area is 140 Å². The van der Waals surface area contributed by atoms with Crippen molar-refractivity contribution in [3.05, 3.63) is 29.6 Å². The van der Waals surface area contributed by atoms with Gasteiger partial charge in [0.15, 0.2) is 5.96 Å². The molecule has 0 fully saturated rings. The summed E-state index contributed by atoms with van der Waals surface area (Å²) in [5.74, 6) is -0.444. The Morgan fingerprint density at radius 1 is 1.29 bits per heavy atom. The van der Waals surface area contributed by atoms with Crippen molar-refractivity contribution in [3.63, 3.8) is 0 Å². The molecule has 0 heterocycles. The van der Waals surface area contributed by atoms with Gasteiger partial charge in [-0.3, -0.25) is 0 Å². The first-order valence-corrected chi connectivity index (χ1v) is 7.58. The molecule has 5 nitrogen and oxygen atoms in total. The van der Waals surface area contributed by atoms with E-state index in [0.717, 1.165) is 0 Å². The number of hydrogen-bond donors (Lipinski definition) is 2. The summed E-state index contributed by atoms with van der Waals surface area (Å²) in [5.41, 5.74) is -0.445. The molecule has 1 aromatic carbocycles. The number of methoxy groups -OCH3 is 1. The minimum Gasteiger partial charge on any atom is -0.434 e. The first-order valence-electron chi connectivity index (χ1n) is 7.58. The summed E-state index contributed by atoms with van der Waals surface area (Å²) in [4.78, 5) is 4.22. The number of nitrogens with zero attached hydrogens (tertiary/aromatic N) is 1. The van der Waals surface area contributed by atoms with Crippen LogP contribution in [0.15, 0.2) is 23.2 Å². The molecule has 0 aliphatic carbocycles. The van der Waals surface area contributed by atoms with Crippen molar-refractivity contribution >= 4 is 5.96 Å². The molecule has 24 heavy (non-hydrogen) atoms. The average Bonchev–Trinajstić information content (AvgIpc) is 2.51. The summed E-state index contributed by atoms with van der Waals surface area (Å²) < 4.78 is 48.4. The summed E-state index contributed by atoms with van der Waals surface area (Å²) in [6.45, 7) is 3.57. The van der Waals surface area contributed by atoms with Crippen molar-refractivity contribution in [1.29, 1.82) is 0 Å². The molecule has 0 aromatic heterocycles. The SMILES string of the molecule is CCNC(=NCc1c(F)cccc1OC(F)F)NCC(C)(C)OC. The van der Waals surface area contributed by atoms with Gasteiger partial charge < -0.3 is 20.1 Å². The zero-order chi connectivity index (χ0) is 18.2. The smallest absolute Gasteiger partial charge is 0.387 e. The van der Waals surface area contributed by atoms with E-state index in [4.69, 9.17) is 4.74 Å². The number of aliphatic imine (C=N–C) groups is 1. The Balaban J connectivity index is 2.89. The van der Waals surface area contributed by atoms with E-state index in [2.05, 4.69) is 20.4 Å². The van der Waals surface area contributed by atoms with Gasteiger partial charge in [0.2, 0.25) is 0 Å². The van der Waals surface area contributed by atoms with Crippen LogP contribution in [0.5, 0.6) is 5.75 Å². The standard InChI is InChI=1S/C16H24F3N3O2/c1-5-20-15(22-10-16(2,3)23-4)21-9-11-12(17)7-6-8-13(11)24-14(18)19/h6-8,14H,5,9-10H2,1-4H3,(H2,20,21,22). The fraction of sp³-hybridized carbons (Fsp3) is 0.562. The van der Waals surface area contributed by atoms with Crippen LogP contribution in [-0.4, -0.2) is 38.4 Å². The topological polar surface area (TPSA) is 54.9 Å². The summed E-state index contributed by atoms with van der Waals surface area (Å²) in [6, 6.07) is 3.77. The van der Waals surface area contributed by atoms with Crippen LogP contribution in [0, 0.1) is 5.82 Å². The molecule has 0 aliphatic heterocycles. The largest absolute Gasteiger partial charge is 0.434 e. The molecule has 0 unspecified atom stereocenters. The molecule has 0 saturated heterocycles. The van der Waals surface area contributed by atoms with Crippen LogP contribution in [-0.2, 0) is 11.3 Å². The monoisotopic (exact) mass is 347 g/mol. The lowest BCUT2D eigenvalue weighted by atomic mass is 10.1. The van der Waals surface area contributed by atoms with Crippen molar-refractivity contribution < 1.29 is 22.6 Å². The van der Waals surface area contributed by atoms with Crippen LogP contribution >= 0.6 is 0 Å². The Hall–Kier alpha value is -1.96. The van der Waals surface area contributed by atoms with E-state index in [1.165, 1.54) is 18.2 Å². The van der Waals surface area contributed by atoms with E-state index >= 15 is 0 Å². The van der Waals surface area contributed by atoms with Crippen LogP contribution < -0.4 is 15.4 Å². The molecule has 0 atom stereocenters. The Morgan fingerprint density at radius 2 is 2.00 bits per heavy atom. The van der Waals surface area contributed by atoms with Crippen molar-refractivity contribution in [1.82, 2.24) is 10.6 Å². The number of rotatable bonds is 8. The average molecular weight is 347 g/mol. The number of guanidine groups is 1. The molecule has 0 aliphatic rings. The van der Waals surface area contributed by atoms with Gasteiger partial charge in [0.1, 0.15) is 11.6 Å². The highest BCUT2D eigenvalue weighted by Gasteiger charge is 2.17. The van der Waals surface area contributed by atoms with Crippen LogP contribution in [0.25, 0.3) is 0 Å². The number of nitrogens with one attached hydrogen (secondary N) is 2. The number of ether oxygens (including phenoxy) is 2. The van der Waals surface area contributed by atoms with Crippen LogP contribution in [0.3, 0.4) is 0 Å². The fourth-order valence-electron chi connectivity index (χ4n) is 1.77. The maximum Gasteiger partial charge on any atom is 0.387 e. The van der Waals surface area contributed by atoms with Gasteiger partial charge in [-0.15, -0.1) is 0 Å². The molecule has 1 aromatic rings. The predicted octanol–water partition coefficient (Wildman–Crippen LogP) is 2.91. The molecule has 0 amide bonds. The van der Waals surface area contributed by atoms with Gasteiger partial charge >= 0.3 is 6.61 Å². The molecule has 136 valence electrons. The third-order valence-corrected chi connectivity index (χ3v) is 3.27. The first kappa shape index (κ1) is 20.1. The number of halogens is 3. The molecule has 8 heteroatoms. The second kappa shape index (κ2) is 9.36. The van der Waals surface area contributed by atoms with Gasteiger partial charge in [0.25, 0.3) is 0 Å². The summed E-state index contributed by atoms with van der Waals surface area (Å²) in [6.07, 6.45) is 0. The maximum atomic E-state index is 13.9. The minimum absolute atomic E-state index is 0.0268. The third kappa shape index (κ3) is 6.66. The zero-order valence-electron chi connectivity index (χ0n) is 14.3. The summed E-state index contributed by atoms with van der Waals surface area (Å²) in [5, 5.41) is 6.07. The van der Waals surface area contributed by atoms with E-state index in [1.54, 1.807) is 7.11 Å². The van der Waals surface area contributed by atoms with E-state index in [-0.39, 0.29) is 17.9 Å². The van der Waals surface area contributed by atoms with Crippen molar-refractivity contribution in [2.24, 2.45) is 4.99 Å². The van der Waals surface area contributed by atoms with E-state index in [9.17, 15) is 13.2 Å². The van der Waals surface area contributed by atoms with E-state index in [0.29, 0.717) is 19.0 Å². The van der Waals surface area contributed by atoms with E-state index in [1.807, 2.05) is 20.8 Å². The van der Waals surface area contributed by atoms with Gasteiger partial charge in [-0.05, 0) is 32.9 Å². The molecular weight excluding hydrogens is 323 g/mol. The van der Waals surface area contributed by atoms with Gasteiger partial charge in [-0.25, -0.2) is 9.38 Å². The second-order valence-corrected chi connectivity index (χ2v) is 5.61. The van der Waals surface area contributed by atoms with Gasteiger partial charge in [0, 0.05) is 20.2 Å². The molecular formula is C16H24F3N3O2. The molecule has 1 rings (SSSR count). The Morgan fingerprint density at radius 3 is 2.58 bits per heavy atom. The lowest BCUT2D eigenvalue weighted by Gasteiger charge is -2.24. The van der Waals surface area contributed by atoms with Crippen LogP contribution in [0.4, 0.5) is 13.2 Å². The number of alkyl halides is 2. The number of benzene rings is 1.